The van der Waals surface area contributed by atoms with Crippen molar-refractivity contribution in [2.75, 3.05) is 6.54 Å². The maximum Gasteiger partial charge on any atom is 0.257 e. The van der Waals surface area contributed by atoms with Crippen LogP contribution in [0.3, 0.4) is 0 Å². The Labute approximate surface area is 136 Å². The molecule has 120 valence electrons. The number of hydrogen-bond acceptors (Lipinski definition) is 3. The molecule has 2 atom stereocenters. The van der Waals surface area contributed by atoms with Crippen LogP contribution < -0.4 is 0 Å². The molecular weight excluding hydrogens is 326 g/mol. The second kappa shape index (κ2) is 6.22. The molecule has 1 aromatic heterocycles. The van der Waals surface area contributed by atoms with Gasteiger partial charge in [-0.3, -0.25) is 4.79 Å². The number of nitrogens with zero attached hydrogens (tertiary/aromatic N) is 2. The number of carbonyl (C=O) groups excluding carboxylic acids is 1. The molecule has 0 radical (unpaired) electrons. The molecule has 7 heteroatoms. The number of pyridine rings is 1. The van der Waals surface area contributed by atoms with Gasteiger partial charge in [0, 0.05) is 18.3 Å². The number of aliphatic hydroxyl groups excluding tert-OH is 1. The lowest BCUT2D eigenvalue weighted by Crippen LogP contribution is -2.32. The monoisotopic (exact) mass is 338 g/mol. The summed E-state index contributed by atoms with van der Waals surface area (Å²) in [6.07, 6.45) is 0.758. The minimum Gasteiger partial charge on any atom is -0.391 e. The van der Waals surface area contributed by atoms with Gasteiger partial charge < -0.3 is 10.0 Å². The Bertz CT molecular complexity index is 757. The molecule has 1 amide bonds. The number of amides is 1. The number of halogens is 3. The normalized spacial score (nSPS) is 20.8. The summed E-state index contributed by atoms with van der Waals surface area (Å²) in [4.78, 5) is 17.8. The highest BCUT2D eigenvalue weighted by Crippen LogP contribution is 2.35. The third-order valence-electron chi connectivity index (χ3n) is 3.85. The topological polar surface area (TPSA) is 53.4 Å². The van der Waals surface area contributed by atoms with Crippen LogP contribution in [-0.4, -0.2) is 33.5 Å². The van der Waals surface area contributed by atoms with Gasteiger partial charge in [0.25, 0.3) is 5.91 Å². The quantitative estimate of drug-likeness (QED) is 0.857. The van der Waals surface area contributed by atoms with E-state index < -0.39 is 29.7 Å². The molecule has 1 saturated heterocycles. The van der Waals surface area contributed by atoms with Crippen LogP contribution in [0.1, 0.15) is 28.4 Å². The molecule has 0 aliphatic carbocycles. The number of likely N-dealkylation sites (tertiary alicyclic amines) is 1. The number of aliphatic hydroxyl groups is 1. The van der Waals surface area contributed by atoms with Gasteiger partial charge in [0.2, 0.25) is 0 Å². The maximum absolute atomic E-state index is 14.0. The van der Waals surface area contributed by atoms with Crippen molar-refractivity contribution in [3.05, 3.63) is 64.4 Å². The molecule has 0 bridgehead atoms. The van der Waals surface area contributed by atoms with Crippen LogP contribution in [0.4, 0.5) is 8.78 Å². The van der Waals surface area contributed by atoms with E-state index in [9.17, 15) is 18.7 Å². The predicted octanol–water partition coefficient (Wildman–Crippen LogP) is 2.96. The van der Waals surface area contributed by atoms with Gasteiger partial charge in [-0.05, 0) is 36.8 Å². The number of rotatable bonds is 2. The first-order valence-electron chi connectivity index (χ1n) is 7.02. The molecule has 1 aromatic carbocycles. The lowest BCUT2D eigenvalue weighted by Gasteiger charge is -2.25. The zero-order chi connectivity index (χ0) is 16.6. The van der Waals surface area contributed by atoms with Gasteiger partial charge in [0.15, 0.2) is 0 Å². The predicted molar refractivity (Wildman–Crippen MR) is 80.0 cm³/mol. The van der Waals surface area contributed by atoms with Gasteiger partial charge in [-0.25, -0.2) is 13.8 Å². The average Bonchev–Trinajstić information content (AvgIpc) is 2.91. The zero-order valence-electron chi connectivity index (χ0n) is 11.9. The van der Waals surface area contributed by atoms with Crippen LogP contribution in [0.2, 0.25) is 5.15 Å². The molecule has 2 heterocycles. The van der Waals surface area contributed by atoms with Crippen molar-refractivity contribution in [3.8, 4) is 0 Å². The zero-order valence-corrected chi connectivity index (χ0v) is 12.7. The first-order valence-corrected chi connectivity index (χ1v) is 7.39. The van der Waals surface area contributed by atoms with Crippen molar-refractivity contribution in [3.63, 3.8) is 0 Å². The van der Waals surface area contributed by atoms with Gasteiger partial charge in [-0.15, -0.1) is 0 Å². The van der Waals surface area contributed by atoms with E-state index in [1.807, 2.05) is 0 Å². The Hall–Kier alpha value is -2.05. The highest BCUT2D eigenvalue weighted by atomic mass is 35.5. The summed E-state index contributed by atoms with van der Waals surface area (Å²) in [6, 6.07) is 5.36. The van der Waals surface area contributed by atoms with Crippen molar-refractivity contribution in [1.29, 1.82) is 0 Å². The highest BCUT2D eigenvalue weighted by Gasteiger charge is 2.37. The van der Waals surface area contributed by atoms with Gasteiger partial charge >= 0.3 is 0 Å². The molecule has 23 heavy (non-hydrogen) atoms. The summed E-state index contributed by atoms with van der Waals surface area (Å²) in [7, 11) is 0. The first-order chi connectivity index (χ1) is 11.0. The lowest BCUT2D eigenvalue weighted by molar-refractivity contribution is 0.0713. The Morgan fingerprint density at radius 3 is 2.87 bits per heavy atom. The van der Waals surface area contributed by atoms with Crippen LogP contribution in [0.25, 0.3) is 0 Å². The fraction of sp³-hybridized carbons (Fsp3) is 0.250. The Kier molecular flexibility index (Phi) is 4.28. The van der Waals surface area contributed by atoms with Crippen molar-refractivity contribution in [2.24, 2.45) is 0 Å². The van der Waals surface area contributed by atoms with Crippen LogP contribution in [0.5, 0.6) is 0 Å². The third kappa shape index (κ3) is 3.04. The largest absolute Gasteiger partial charge is 0.391 e. The maximum atomic E-state index is 14.0. The van der Waals surface area contributed by atoms with Gasteiger partial charge in [0.05, 0.1) is 17.7 Å². The molecule has 4 nitrogen and oxygen atoms in total. The van der Waals surface area contributed by atoms with E-state index in [1.54, 1.807) is 6.07 Å². The average molecular weight is 339 g/mol. The van der Waals surface area contributed by atoms with Crippen LogP contribution >= 0.6 is 11.6 Å². The standard InChI is InChI=1S/C16H13ClF2N2O2/c17-15-11(2-1-5-20-15)16(23)21-8-10(22)7-14(21)12-6-9(18)3-4-13(12)19/h1-6,10,14,22H,7-8H2. The molecule has 1 aliphatic heterocycles. The van der Waals surface area contributed by atoms with Crippen LogP contribution in [0, 0.1) is 11.6 Å². The van der Waals surface area contributed by atoms with Crippen LogP contribution in [0.15, 0.2) is 36.5 Å². The second-order valence-electron chi connectivity index (χ2n) is 5.37. The van der Waals surface area contributed by atoms with E-state index in [2.05, 4.69) is 4.98 Å². The minimum absolute atomic E-state index is 0.0185. The van der Waals surface area contributed by atoms with E-state index in [1.165, 1.54) is 17.2 Å². The fourth-order valence-electron chi connectivity index (χ4n) is 2.80. The van der Waals surface area contributed by atoms with Gasteiger partial charge in [-0.2, -0.15) is 0 Å². The molecule has 1 aliphatic rings. The van der Waals surface area contributed by atoms with Crippen molar-refractivity contribution < 1.29 is 18.7 Å². The number of aromatic nitrogens is 1. The molecule has 1 fully saturated rings. The van der Waals surface area contributed by atoms with Gasteiger partial charge in [0.1, 0.15) is 16.8 Å². The number of benzene rings is 1. The summed E-state index contributed by atoms with van der Waals surface area (Å²) in [5.41, 5.74) is 0.194. The first kappa shape index (κ1) is 15.8. The van der Waals surface area contributed by atoms with Gasteiger partial charge in [-0.1, -0.05) is 11.6 Å². The summed E-state index contributed by atoms with van der Waals surface area (Å²) >= 11 is 5.93. The Morgan fingerprint density at radius 2 is 2.13 bits per heavy atom. The third-order valence-corrected chi connectivity index (χ3v) is 4.15. The van der Waals surface area contributed by atoms with E-state index in [4.69, 9.17) is 11.6 Å². The number of hydrogen-bond donors (Lipinski definition) is 1. The molecule has 2 unspecified atom stereocenters. The van der Waals surface area contributed by atoms with Crippen molar-refractivity contribution in [1.82, 2.24) is 9.88 Å². The minimum atomic E-state index is -0.818. The molecule has 1 N–H and O–H groups in total. The SMILES string of the molecule is O=C(c1cccnc1Cl)N1CC(O)CC1c1cc(F)ccc1F. The molecule has 2 aromatic rings. The molecule has 3 rings (SSSR count). The molecule has 0 spiro atoms. The Balaban J connectivity index is 1.99. The van der Waals surface area contributed by atoms with E-state index in [0.29, 0.717) is 0 Å². The summed E-state index contributed by atoms with van der Waals surface area (Å²) < 4.78 is 27.5. The summed E-state index contributed by atoms with van der Waals surface area (Å²) in [6.45, 7) is 0.0185. The Morgan fingerprint density at radius 1 is 1.35 bits per heavy atom. The lowest BCUT2D eigenvalue weighted by atomic mass is 10.0. The molecule has 0 saturated carbocycles. The smallest absolute Gasteiger partial charge is 0.257 e. The summed E-state index contributed by atoms with van der Waals surface area (Å²) in [5, 5.41) is 9.92. The number of carbonyl (C=O) groups is 1. The molecular formula is C16H13ClF2N2O2. The van der Waals surface area contributed by atoms with E-state index in [0.717, 1.165) is 18.2 Å². The fourth-order valence-corrected chi connectivity index (χ4v) is 3.00. The van der Waals surface area contributed by atoms with E-state index in [-0.39, 0.29) is 29.2 Å². The van der Waals surface area contributed by atoms with E-state index >= 15 is 0 Å². The van der Waals surface area contributed by atoms with Crippen LogP contribution in [-0.2, 0) is 0 Å². The highest BCUT2D eigenvalue weighted by molar-refractivity contribution is 6.32. The summed E-state index contributed by atoms with van der Waals surface area (Å²) in [5.74, 6) is -1.71. The van der Waals surface area contributed by atoms with Crippen molar-refractivity contribution >= 4 is 17.5 Å². The van der Waals surface area contributed by atoms with Crippen molar-refractivity contribution in [2.45, 2.75) is 18.6 Å². The second-order valence-corrected chi connectivity index (χ2v) is 5.73. The number of β-amino-alcohol motifs (C(OH)–C–C–N with tert-alkyl or cyclic N) is 1.